The first kappa shape index (κ1) is 45.5. The number of ether oxygens (including phenoxy) is 10. The molecule has 0 spiro atoms. The molecule has 64 heavy (non-hydrogen) atoms. The molecule has 0 unspecified atom stereocenters. The number of hydrogen-bond acceptors (Lipinski definition) is 10. The second-order valence-corrected chi connectivity index (χ2v) is 16.0. The molecule has 2 heterocycles. The van der Waals surface area contributed by atoms with Crippen molar-refractivity contribution in [2.24, 2.45) is 0 Å². The maximum atomic E-state index is 6.85. The summed E-state index contributed by atoms with van der Waals surface area (Å²) in [6, 6.07) is 60.3. The van der Waals surface area contributed by atoms with Gasteiger partial charge in [-0.15, -0.1) is 0 Å². The molecule has 6 aromatic rings. The van der Waals surface area contributed by atoms with Gasteiger partial charge in [0.05, 0.1) is 52.9 Å². The second kappa shape index (κ2) is 24.3. The van der Waals surface area contributed by atoms with Crippen LogP contribution in [0.5, 0.6) is 0 Å². The lowest BCUT2D eigenvalue weighted by atomic mass is 9.97. The molecular weight excluding hydrogens is 809 g/mol. The molecule has 8 rings (SSSR count). The Bertz CT molecular complexity index is 2170. The summed E-state index contributed by atoms with van der Waals surface area (Å²) >= 11 is 0. The first-order valence-corrected chi connectivity index (χ1v) is 22.0. The van der Waals surface area contributed by atoms with E-state index in [1.54, 1.807) is 7.11 Å². The predicted octanol–water partition coefficient (Wildman–Crippen LogP) is 9.24. The highest BCUT2D eigenvalue weighted by molar-refractivity contribution is 5.18. The number of benzene rings is 6. The Balaban J connectivity index is 1.07. The van der Waals surface area contributed by atoms with Crippen molar-refractivity contribution in [3.8, 4) is 0 Å². The lowest BCUT2D eigenvalue weighted by Gasteiger charge is -2.46. The Kier molecular flexibility index (Phi) is 17.3. The van der Waals surface area contributed by atoms with Crippen LogP contribution in [-0.4, -0.2) is 75.6 Å². The van der Waals surface area contributed by atoms with Gasteiger partial charge in [-0.3, -0.25) is 0 Å². The molecule has 0 amide bonds. The van der Waals surface area contributed by atoms with E-state index >= 15 is 0 Å². The van der Waals surface area contributed by atoms with Gasteiger partial charge < -0.3 is 47.4 Å². The summed E-state index contributed by atoms with van der Waals surface area (Å²) in [5, 5.41) is 0. The van der Waals surface area contributed by atoms with E-state index in [1.165, 1.54) is 0 Å². The topological polar surface area (TPSA) is 92.3 Å². The average Bonchev–Trinajstić information content (AvgIpc) is 3.36. The molecule has 0 N–H and O–H groups in total. The van der Waals surface area contributed by atoms with Crippen molar-refractivity contribution in [1.29, 1.82) is 0 Å². The Morgan fingerprint density at radius 3 is 1.08 bits per heavy atom. The van der Waals surface area contributed by atoms with Crippen LogP contribution in [0, 0.1) is 0 Å². The monoisotopic (exact) mass is 866 g/mol. The van der Waals surface area contributed by atoms with Gasteiger partial charge in [0.25, 0.3) is 0 Å². The zero-order chi connectivity index (χ0) is 43.6. The molecule has 2 aliphatic heterocycles. The van der Waals surface area contributed by atoms with Crippen molar-refractivity contribution in [2.45, 2.75) is 94.9 Å². The molecule has 9 atom stereocenters. The Morgan fingerprint density at radius 1 is 0.359 bits per heavy atom. The van der Waals surface area contributed by atoms with E-state index in [9.17, 15) is 0 Å². The van der Waals surface area contributed by atoms with Crippen molar-refractivity contribution in [3.63, 3.8) is 0 Å². The fourth-order valence-corrected chi connectivity index (χ4v) is 7.98. The minimum Gasteiger partial charge on any atom is -0.368 e. The summed E-state index contributed by atoms with van der Waals surface area (Å²) < 4.78 is 66.7. The molecule has 334 valence electrons. The van der Waals surface area contributed by atoms with E-state index in [0.717, 1.165) is 33.4 Å². The van der Waals surface area contributed by atoms with E-state index in [1.807, 2.05) is 182 Å². The van der Waals surface area contributed by atoms with Gasteiger partial charge in [-0.2, -0.15) is 0 Å². The van der Waals surface area contributed by atoms with Gasteiger partial charge in [0.15, 0.2) is 12.6 Å². The van der Waals surface area contributed by atoms with Crippen molar-refractivity contribution in [2.75, 3.05) is 20.3 Å². The molecule has 2 fully saturated rings. The van der Waals surface area contributed by atoms with Gasteiger partial charge in [-0.05, 0) is 33.4 Å². The van der Waals surface area contributed by atoms with Gasteiger partial charge in [0, 0.05) is 7.11 Å². The van der Waals surface area contributed by atoms with Crippen LogP contribution < -0.4 is 0 Å². The third-order valence-corrected chi connectivity index (χ3v) is 11.4. The van der Waals surface area contributed by atoms with E-state index in [-0.39, 0.29) is 13.2 Å². The molecular formula is C54H58O10. The average molecular weight is 867 g/mol. The van der Waals surface area contributed by atoms with Crippen LogP contribution in [0.1, 0.15) is 33.4 Å². The molecule has 0 radical (unpaired) electrons. The lowest BCUT2D eigenvalue weighted by molar-refractivity contribution is -0.340. The van der Waals surface area contributed by atoms with Crippen LogP contribution in [0.2, 0.25) is 0 Å². The second-order valence-electron chi connectivity index (χ2n) is 16.0. The molecule has 0 aromatic heterocycles. The molecule has 10 nitrogen and oxygen atoms in total. The molecule has 2 aliphatic rings. The van der Waals surface area contributed by atoms with Crippen molar-refractivity contribution in [3.05, 3.63) is 215 Å². The number of methoxy groups -OCH3 is 1. The molecule has 0 bridgehead atoms. The van der Waals surface area contributed by atoms with E-state index in [4.69, 9.17) is 47.4 Å². The lowest BCUT2D eigenvalue weighted by Crippen LogP contribution is -2.62. The van der Waals surface area contributed by atoms with Crippen molar-refractivity contribution >= 4 is 0 Å². The maximum absolute atomic E-state index is 6.85. The first-order valence-electron chi connectivity index (χ1n) is 22.0. The standard InChI is InChI=1S/C54H58O10/c1-55-53-52(61-37-45-30-18-7-19-31-45)50(59-35-43-26-14-5-15-27-43)49(58-34-42-24-12-4-13-25-42)47(64-53)39-63-54-51(60-36-44-28-16-6-17-29-44)48(57-33-41-22-10-3-11-23-41)46(38-62-54)56-32-40-20-8-2-9-21-40/h2-31,46-54H,32-39H2,1H3/t46-,47-,48+,49-,50+,51+,52-,53+,54-/m1/s1. The van der Waals surface area contributed by atoms with Gasteiger partial charge in [0.2, 0.25) is 0 Å². The van der Waals surface area contributed by atoms with Crippen LogP contribution in [0.25, 0.3) is 0 Å². The fraction of sp³-hybridized carbons (Fsp3) is 0.333. The summed E-state index contributed by atoms with van der Waals surface area (Å²) in [5.74, 6) is 0. The fourth-order valence-electron chi connectivity index (χ4n) is 7.98. The molecule has 6 aromatic carbocycles. The van der Waals surface area contributed by atoms with Crippen molar-refractivity contribution in [1.82, 2.24) is 0 Å². The summed E-state index contributed by atoms with van der Waals surface area (Å²) in [7, 11) is 1.61. The van der Waals surface area contributed by atoms with Crippen LogP contribution in [0.15, 0.2) is 182 Å². The molecule has 0 saturated carbocycles. The van der Waals surface area contributed by atoms with Crippen LogP contribution in [0.4, 0.5) is 0 Å². The highest BCUT2D eigenvalue weighted by Crippen LogP contribution is 2.33. The first-order chi connectivity index (χ1) is 31.7. The summed E-state index contributed by atoms with van der Waals surface area (Å²) in [4.78, 5) is 0. The zero-order valence-electron chi connectivity index (χ0n) is 36.3. The summed E-state index contributed by atoms with van der Waals surface area (Å²) in [6.45, 7) is 2.22. The third-order valence-electron chi connectivity index (χ3n) is 11.4. The third kappa shape index (κ3) is 13.0. The normalized spacial score (nSPS) is 24.6. The SMILES string of the molecule is CO[C@H]1O[C@H](CO[C@H]2OC[C@@H](OCc3ccccc3)[C@H](OCc3ccccc3)[C@@H]2OCc2ccccc2)[C@@H](OCc2ccccc2)[C@H](OCc2ccccc2)[C@H]1OCc1ccccc1. The summed E-state index contributed by atoms with van der Waals surface area (Å²) in [5.41, 5.74) is 6.10. The van der Waals surface area contributed by atoms with Crippen LogP contribution >= 0.6 is 0 Å². The van der Waals surface area contributed by atoms with E-state index in [0.29, 0.717) is 39.6 Å². The highest BCUT2D eigenvalue weighted by atomic mass is 16.7. The largest absolute Gasteiger partial charge is 0.368 e. The Hall–Kier alpha value is -5.08. The molecule has 2 saturated heterocycles. The maximum Gasteiger partial charge on any atom is 0.186 e. The van der Waals surface area contributed by atoms with Gasteiger partial charge in [0.1, 0.15) is 42.7 Å². The predicted molar refractivity (Wildman–Crippen MR) is 241 cm³/mol. The van der Waals surface area contributed by atoms with Gasteiger partial charge in [-0.1, -0.05) is 182 Å². The number of rotatable bonds is 22. The Labute approximate surface area is 376 Å². The minimum absolute atomic E-state index is 0.0483. The zero-order valence-corrected chi connectivity index (χ0v) is 36.3. The highest BCUT2D eigenvalue weighted by Gasteiger charge is 2.50. The van der Waals surface area contributed by atoms with E-state index < -0.39 is 55.3 Å². The van der Waals surface area contributed by atoms with Gasteiger partial charge >= 0.3 is 0 Å². The van der Waals surface area contributed by atoms with E-state index in [2.05, 4.69) is 0 Å². The smallest absolute Gasteiger partial charge is 0.186 e. The molecule has 0 aliphatic carbocycles. The van der Waals surface area contributed by atoms with Crippen molar-refractivity contribution < 1.29 is 47.4 Å². The minimum atomic E-state index is -0.865. The molecule has 10 heteroatoms. The number of hydrogen-bond donors (Lipinski definition) is 0. The van der Waals surface area contributed by atoms with Crippen LogP contribution in [0.3, 0.4) is 0 Å². The quantitative estimate of drug-likeness (QED) is 0.0658. The summed E-state index contributed by atoms with van der Waals surface area (Å²) in [6.07, 6.45) is -6.03. The van der Waals surface area contributed by atoms with Gasteiger partial charge in [-0.25, -0.2) is 0 Å². The Morgan fingerprint density at radius 2 is 0.688 bits per heavy atom. The van der Waals surface area contributed by atoms with Crippen LogP contribution in [-0.2, 0) is 87.0 Å².